The van der Waals surface area contributed by atoms with E-state index in [0.717, 1.165) is 24.8 Å². The van der Waals surface area contributed by atoms with Crippen molar-refractivity contribution in [3.8, 4) is 0 Å². The minimum absolute atomic E-state index is 0.0744. The maximum atomic E-state index is 11.9. The highest BCUT2D eigenvalue weighted by Crippen LogP contribution is 2.31. The maximum Gasteiger partial charge on any atom is 0.306 e. The summed E-state index contributed by atoms with van der Waals surface area (Å²) < 4.78 is 0. The summed E-state index contributed by atoms with van der Waals surface area (Å²) in [6.45, 7) is 2.37. The van der Waals surface area contributed by atoms with Crippen LogP contribution in [0.5, 0.6) is 0 Å². The summed E-state index contributed by atoms with van der Waals surface area (Å²) in [5, 5.41) is 15.7. The summed E-state index contributed by atoms with van der Waals surface area (Å²) in [7, 11) is 0. The molecule has 5 heteroatoms. The van der Waals surface area contributed by atoms with E-state index in [1.54, 1.807) is 0 Å². The van der Waals surface area contributed by atoms with E-state index in [9.17, 15) is 9.59 Å². The lowest BCUT2D eigenvalue weighted by Gasteiger charge is -2.16. The van der Waals surface area contributed by atoms with Gasteiger partial charge in [0.05, 0.1) is 11.5 Å². The number of nitrogens with one attached hydrogen (secondary N) is 1. The number of carboxylic acid groups (broad SMARTS) is 1. The third-order valence-corrected chi connectivity index (χ3v) is 4.46. The molecule has 4 nitrogen and oxygen atoms in total. The lowest BCUT2D eigenvalue weighted by atomic mass is 9.96. The number of carbonyl (C=O) groups excluding carboxylic acids is 1. The number of carbonyl (C=O) groups is 2. The van der Waals surface area contributed by atoms with Crippen LogP contribution in [0.3, 0.4) is 0 Å². The monoisotopic (exact) mass is 267 g/mol. The standard InChI is InChI=1S/C13H17NO3S/c1-8-6-18-7-11(8)12(15)14-5-9-3-2-4-10(9)13(16)17/h6-7,9-10H,2-5H2,1H3,(H,14,15)(H,16,17). The van der Waals surface area contributed by atoms with Gasteiger partial charge >= 0.3 is 5.97 Å². The largest absolute Gasteiger partial charge is 0.481 e. The fraction of sp³-hybridized carbons (Fsp3) is 0.538. The Hall–Kier alpha value is -1.36. The van der Waals surface area contributed by atoms with Crippen molar-refractivity contribution in [2.75, 3.05) is 6.54 Å². The predicted molar refractivity (Wildman–Crippen MR) is 69.9 cm³/mol. The third kappa shape index (κ3) is 2.72. The molecular weight excluding hydrogens is 250 g/mol. The smallest absolute Gasteiger partial charge is 0.306 e. The molecule has 2 atom stereocenters. The molecule has 1 heterocycles. The van der Waals surface area contributed by atoms with Gasteiger partial charge in [-0.3, -0.25) is 9.59 Å². The third-order valence-electron chi connectivity index (χ3n) is 3.60. The molecule has 0 radical (unpaired) electrons. The van der Waals surface area contributed by atoms with Crippen molar-refractivity contribution in [2.45, 2.75) is 26.2 Å². The number of hydrogen-bond acceptors (Lipinski definition) is 3. The highest BCUT2D eigenvalue weighted by atomic mass is 32.1. The van der Waals surface area contributed by atoms with E-state index in [1.807, 2.05) is 17.7 Å². The molecule has 98 valence electrons. The molecule has 1 aromatic rings. The van der Waals surface area contributed by atoms with Crippen molar-refractivity contribution in [1.29, 1.82) is 0 Å². The Morgan fingerprint density at radius 2 is 2.22 bits per heavy atom. The number of aliphatic carboxylic acids is 1. The van der Waals surface area contributed by atoms with Crippen LogP contribution in [-0.2, 0) is 4.79 Å². The van der Waals surface area contributed by atoms with Crippen LogP contribution in [0.4, 0.5) is 0 Å². The second kappa shape index (κ2) is 5.52. The van der Waals surface area contributed by atoms with Gasteiger partial charge in [0, 0.05) is 11.9 Å². The van der Waals surface area contributed by atoms with Crippen LogP contribution in [-0.4, -0.2) is 23.5 Å². The predicted octanol–water partition coefficient (Wildman–Crippen LogP) is 2.29. The van der Waals surface area contributed by atoms with Gasteiger partial charge in [0.15, 0.2) is 0 Å². The molecule has 1 saturated carbocycles. The summed E-state index contributed by atoms with van der Waals surface area (Å²) in [5.41, 5.74) is 1.67. The normalized spacial score (nSPS) is 22.9. The van der Waals surface area contributed by atoms with Gasteiger partial charge in [-0.2, -0.15) is 11.3 Å². The Morgan fingerprint density at radius 1 is 1.44 bits per heavy atom. The Morgan fingerprint density at radius 3 is 2.83 bits per heavy atom. The van der Waals surface area contributed by atoms with Crippen LogP contribution in [0.15, 0.2) is 10.8 Å². The summed E-state index contributed by atoms with van der Waals surface area (Å²) in [6, 6.07) is 0. The molecule has 0 bridgehead atoms. The summed E-state index contributed by atoms with van der Waals surface area (Å²) in [5.74, 6) is -1.05. The molecule has 1 aliphatic rings. The van der Waals surface area contributed by atoms with Gasteiger partial charge in [0.1, 0.15) is 0 Å². The Bertz CT molecular complexity index is 455. The molecule has 1 aromatic heterocycles. The van der Waals surface area contributed by atoms with Crippen molar-refractivity contribution in [2.24, 2.45) is 11.8 Å². The molecule has 0 aromatic carbocycles. The number of thiophene rings is 1. The van der Waals surface area contributed by atoms with Crippen molar-refractivity contribution < 1.29 is 14.7 Å². The fourth-order valence-corrected chi connectivity index (χ4v) is 3.35. The molecule has 1 fully saturated rings. The summed E-state index contributed by atoms with van der Waals surface area (Å²) in [6.07, 6.45) is 2.56. The van der Waals surface area contributed by atoms with E-state index in [2.05, 4.69) is 5.32 Å². The molecule has 2 rings (SSSR count). The first-order chi connectivity index (χ1) is 8.59. The molecule has 1 aliphatic carbocycles. The van der Waals surface area contributed by atoms with Crippen molar-refractivity contribution in [1.82, 2.24) is 5.32 Å². The van der Waals surface area contributed by atoms with E-state index in [0.29, 0.717) is 12.1 Å². The van der Waals surface area contributed by atoms with Gasteiger partial charge in [-0.25, -0.2) is 0 Å². The number of hydrogen-bond donors (Lipinski definition) is 2. The Kier molecular flexibility index (Phi) is 4.01. The van der Waals surface area contributed by atoms with Crippen LogP contribution < -0.4 is 5.32 Å². The molecule has 2 unspecified atom stereocenters. The van der Waals surface area contributed by atoms with Crippen molar-refractivity contribution in [3.05, 3.63) is 21.9 Å². The van der Waals surface area contributed by atoms with Gasteiger partial charge in [0.2, 0.25) is 0 Å². The van der Waals surface area contributed by atoms with Gasteiger partial charge in [-0.05, 0) is 36.6 Å². The van der Waals surface area contributed by atoms with Crippen LogP contribution in [0.1, 0.15) is 35.2 Å². The molecule has 0 aliphatic heterocycles. The zero-order chi connectivity index (χ0) is 13.1. The molecular formula is C13H17NO3S. The van der Waals surface area contributed by atoms with Crippen LogP contribution in [0, 0.1) is 18.8 Å². The fourth-order valence-electron chi connectivity index (χ4n) is 2.52. The van der Waals surface area contributed by atoms with Crippen molar-refractivity contribution >= 4 is 23.2 Å². The zero-order valence-electron chi connectivity index (χ0n) is 10.3. The average molecular weight is 267 g/mol. The molecule has 18 heavy (non-hydrogen) atoms. The lowest BCUT2D eigenvalue weighted by molar-refractivity contribution is -0.142. The van der Waals surface area contributed by atoms with Gasteiger partial charge in [-0.15, -0.1) is 0 Å². The topological polar surface area (TPSA) is 66.4 Å². The van der Waals surface area contributed by atoms with Crippen LogP contribution in [0.25, 0.3) is 0 Å². The van der Waals surface area contributed by atoms with E-state index >= 15 is 0 Å². The first-order valence-corrected chi connectivity index (χ1v) is 7.07. The van der Waals surface area contributed by atoms with E-state index < -0.39 is 5.97 Å². The SMILES string of the molecule is Cc1cscc1C(=O)NCC1CCCC1C(=O)O. The number of amides is 1. The quantitative estimate of drug-likeness (QED) is 0.879. The second-order valence-electron chi connectivity index (χ2n) is 4.81. The first-order valence-electron chi connectivity index (χ1n) is 6.13. The van der Waals surface area contributed by atoms with Crippen molar-refractivity contribution in [3.63, 3.8) is 0 Å². The number of rotatable bonds is 4. The molecule has 0 spiro atoms. The average Bonchev–Trinajstić information content (AvgIpc) is 2.94. The van der Waals surface area contributed by atoms with Gasteiger partial charge in [0.25, 0.3) is 5.91 Å². The summed E-state index contributed by atoms with van der Waals surface area (Å²) in [4.78, 5) is 22.9. The number of carboxylic acids is 1. The highest BCUT2D eigenvalue weighted by molar-refractivity contribution is 7.08. The maximum absolute atomic E-state index is 11.9. The Labute approximate surface area is 110 Å². The minimum Gasteiger partial charge on any atom is -0.481 e. The van der Waals surface area contributed by atoms with Gasteiger partial charge < -0.3 is 10.4 Å². The van der Waals surface area contributed by atoms with Gasteiger partial charge in [-0.1, -0.05) is 6.42 Å². The Balaban J connectivity index is 1.90. The van der Waals surface area contributed by atoms with Crippen LogP contribution >= 0.6 is 11.3 Å². The molecule has 0 saturated heterocycles. The highest BCUT2D eigenvalue weighted by Gasteiger charge is 2.32. The summed E-state index contributed by atoms with van der Waals surface area (Å²) >= 11 is 1.50. The van der Waals surface area contributed by atoms with Crippen LogP contribution in [0.2, 0.25) is 0 Å². The second-order valence-corrected chi connectivity index (χ2v) is 5.56. The van der Waals surface area contributed by atoms with E-state index in [4.69, 9.17) is 5.11 Å². The zero-order valence-corrected chi connectivity index (χ0v) is 11.1. The van der Waals surface area contributed by atoms with E-state index in [-0.39, 0.29) is 17.7 Å². The number of aryl methyl sites for hydroxylation is 1. The minimum atomic E-state index is -0.738. The first kappa shape index (κ1) is 13.1. The molecule has 2 N–H and O–H groups in total. The van der Waals surface area contributed by atoms with E-state index in [1.165, 1.54) is 11.3 Å². The molecule has 1 amide bonds. The lowest BCUT2D eigenvalue weighted by Crippen LogP contribution is -2.33.